The number of halogens is 4. The zero-order chi connectivity index (χ0) is 21.7. The number of sulfonamides is 1. The number of carbonyl (C=O) groups is 1. The number of hydrogen-bond acceptors (Lipinski definition) is 3. The highest BCUT2D eigenvalue weighted by molar-refractivity contribution is 7.89. The molecule has 5 nitrogen and oxygen atoms in total. The van der Waals surface area contributed by atoms with Crippen LogP contribution in [0.4, 0.5) is 13.2 Å². The highest BCUT2D eigenvalue weighted by atomic mass is 35.5. The molecule has 160 valence electrons. The highest BCUT2D eigenvalue weighted by Crippen LogP contribution is 2.50. The van der Waals surface area contributed by atoms with Crippen molar-refractivity contribution < 1.29 is 26.4 Å². The third kappa shape index (κ3) is 3.48. The first-order valence-corrected chi connectivity index (χ1v) is 11.2. The van der Waals surface area contributed by atoms with Gasteiger partial charge >= 0.3 is 0 Å². The van der Waals surface area contributed by atoms with Crippen LogP contribution in [-0.2, 0) is 20.2 Å². The zero-order valence-electron chi connectivity index (χ0n) is 15.7. The fourth-order valence-electron chi connectivity index (χ4n) is 3.82. The van der Waals surface area contributed by atoms with E-state index < -0.39 is 37.8 Å². The van der Waals surface area contributed by atoms with Gasteiger partial charge in [0.2, 0.25) is 15.9 Å². The molecule has 1 heterocycles. The van der Waals surface area contributed by atoms with Gasteiger partial charge in [0.05, 0.1) is 5.41 Å². The molecule has 2 aromatic rings. The molecule has 0 atom stereocenters. The van der Waals surface area contributed by atoms with Gasteiger partial charge in [-0.1, -0.05) is 23.7 Å². The molecule has 2 fully saturated rings. The van der Waals surface area contributed by atoms with E-state index in [2.05, 4.69) is 0 Å². The number of piperazine rings is 1. The van der Waals surface area contributed by atoms with Gasteiger partial charge in [0.25, 0.3) is 0 Å². The molecule has 1 saturated heterocycles. The van der Waals surface area contributed by atoms with Crippen molar-refractivity contribution in [1.29, 1.82) is 0 Å². The number of amides is 1. The summed E-state index contributed by atoms with van der Waals surface area (Å²) >= 11 is 6.05. The Labute approximate surface area is 177 Å². The fraction of sp³-hybridized carbons (Fsp3) is 0.350. The van der Waals surface area contributed by atoms with E-state index in [0.717, 1.165) is 9.87 Å². The molecule has 1 saturated carbocycles. The van der Waals surface area contributed by atoms with Crippen LogP contribution in [0.3, 0.4) is 0 Å². The second-order valence-corrected chi connectivity index (χ2v) is 9.81. The van der Waals surface area contributed by atoms with Gasteiger partial charge in [-0.15, -0.1) is 0 Å². The van der Waals surface area contributed by atoms with Crippen molar-refractivity contribution in [3.8, 4) is 0 Å². The molecule has 4 rings (SSSR count). The van der Waals surface area contributed by atoms with Crippen LogP contribution < -0.4 is 0 Å². The van der Waals surface area contributed by atoms with Gasteiger partial charge in [-0.25, -0.2) is 21.6 Å². The lowest BCUT2D eigenvalue weighted by molar-refractivity contribution is -0.135. The van der Waals surface area contributed by atoms with E-state index in [1.165, 1.54) is 0 Å². The van der Waals surface area contributed by atoms with Crippen molar-refractivity contribution in [2.75, 3.05) is 26.2 Å². The average molecular weight is 459 g/mol. The predicted molar refractivity (Wildman–Crippen MR) is 104 cm³/mol. The summed E-state index contributed by atoms with van der Waals surface area (Å²) in [7, 11) is -4.36. The van der Waals surface area contributed by atoms with Crippen LogP contribution in [-0.4, -0.2) is 49.7 Å². The number of benzene rings is 2. The van der Waals surface area contributed by atoms with Crippen LogP contribution in [0.2, 0.25) is 5.02 Å². The van der Waals surface area contributed by atoms with Gasteiger partial charge in [0, 0.05) is 31.2 Å². The van der Waals surface area contributed by atoms with Gasteiger partial charge in [-0.05, 0) is 42.7 Å². The maximum Gasteiger partial charge on any atom is 0.246 e. The zero-order valence-corrected chi connectivity index (χ0v) is 17.3. The van der Waals surface area contributed by atoms with E-state index >= 15 is 0 Å². The SMILES string of the molecule is O=C(N1CCN(S(=O)(=O)c2ccc(F)c(F)c2F)CC1)C1(c2cccc(Cl)c2)CC1. The molecule has 30 heavy (non-hydrogen) atoms. The van der Waals surface area contributed by atoms with Crippen molar-refractivity contribution in [3.63, 3.8) is 0 Å². The van der Waals surface area contributed by atoms with Crippen LogP contribution >= 0.6 is 11.6 Å². The number of nitrogens with zero attached hydrogens (tertiary/aromatic N) is 2. The molecule has 0 aromatic heterocycles. The minimum atomic E-state index is -4.36. The maximum atomic E-state index is 14.0. The summed E-state index contributed by atoms with van der Waals surface area (Å²) in [5.74, 6) is -5.13. The van der Waals surface area contributed by atoms with Gasteiger partial charge < -0.3 is 4.90 Å². The van der Waals surface area contributed by atoms with Crippen molar-refractivity contribution in [2.45, 2.75) is 23.2 Å². The molecule has 2 aromatic carbocycles. The van der Waals surface area contributed by atoms with E-state index in [1.54, 1.807) is 23.1 Å². The third-order valence-corrected chi connectivity index (χ3v) is 7.83. The van der Waals surface area contributed by atoms with Gasteiger partial charge in [-0.2, -0.15) is 4.31 Å². The van der Waals surface area contributed by atoms with Gasteiger partial charge in [0.15, 0.2) is 17.5 Å². The molecular formula is C20H18ClF3N2O3S. The quantitative estimate of drug-likeness (QED) is 0.660. The van der Waals surface area contributed by atoms with E-state index in [9.17, 15) is 26.4 Å². The molecule has 0 N–H and O–H groups in total. The first-order chi connectivity index (χ1) is 14.2. The monoisotopic (exact) mass is 458 g/mol. The van der Waals surface area contributed by atoms with Crippen molar-refractivity contribution >= 4 is 27.5 Å². The fourth-order valence-corrected chi connectivity index (χ4v) is 5.49. The molecule has 1 aliphatic carbocycles. The summed E-state index contributed by atoms with van der Waals surface area (Å²) in [6.45, 7) is 0.0909. The molecule has 1 aliphatic heterocycles. The Kier molecular flexibility index (Phi) is 5.32. The maximum absolute atomic E-state index is 14.0. The third-order valence-electron chi connectivity index (χ3n) is 5.68. The van der Waals surface area contributed by atoms with E-state index in [0.29, 0.717) is 30.0 Å². The molecule has 0 radical (unpaired) electrons. The van der Waals surface area contributed by atoms with Gasteiger partial charge in [0.1, 0.15) is 4.90 Å². The minimum Gasteiger partial charge on any atom is -0.339 e. The number of carbonyl (C=O) groups excluding carboxylic acids is 1. The van der Waals surface area contributed by atoms with Crippen molar-refractivity contribution in [3.05, 3.63) is 64.4 Å². The van der Waals surface area contributed by atoms with Crippen LogP contribution in [0.25, 0.3) is 0 Å². The average Bonchev–Trinajstić information content (AvgIpc) is 3.53. The number of rotatable bonds is 4. The molecule has 0 spiro atoms. The van der Waals surface area contributed by atoms with Crippen LogP contribution in [0.5, 0.6) is 0 Å². The Morgan fingerprint density at radius 1 is 0.967 bits per heavy atom. The summed E-state index contributed by atoms with van der Waals surface area (Å²) < 4.78 is 67.0. The lowest BCUT2D eigenvalue weighted by atomic mass is 9.94. The highest BCUT2D eigenvalue weighted by Gasteiger charge is 2.53. The van der Waals surface area contributed by atoms with E-state index in [1.807, 2.05) is 6.07 Å². The lowest BCUT2D eigenvalue weighted by Crippen LogP contribution is -2.53. The van der Waals surface area contributed by atoms with Crippen molar-refractivity contribution in [2.24, 2.45) is 0 Å². The Bertz CT molecular complexity index is 1110. The summed E-state index contributed by atoms with van der Waals surface area (Å²) in [6.07, 6.45) is 1.37. The van der Waals surface area contributed by atoms with Gasteiger partial charge in [-0.3, -0.25) is 4.79 Å². The van der Waals surface area contributed by atoms with Crippen LogP contribution in [0.15, 0.2) is 41.3 Å². The lowest BCUT2D eigenvalue weighted by Gasteiger charge is -2.36. The Morgan fingerprint density at radius 2 is 1.63 bits per heavy atom. The van der Waals surface area contributed by atoms with Crippen LogP contribution in [0, 0.1) is 17.5 Å². The smallest absolute Gasteiger partial charge is 0.246 e. The number of hydrogen-bond donors (Lipinski definition) is 0. The molecular weight excluding hydrogens is 441 g/mol. The summed E-state index contributed by atoms with van der Waals surface area (Å²) in [6, 6.07) is 8.41. The summed E-state index contributed by atoms with van der Waals surface area (Å²) in [5, 5.41) is 0.538. The minimum absolute atomic E-state index is 0.0713. The standard InChI is InChI=1S/C20H18ClF3N2O3S/c21-14-3-1-2-13(12-14)20(6-7-20)19(27)25-8-10-26(11-9-25)30(28,29)16-5-4-15(22)17(23)18(16)24/h1-5,12H,6-11H2. The van der Waals surface area contributed by atoms with E-state index in [4.69, 9.17) is 11.6 Å². The molecule has 2 aliphatic rings. The normalized spacial score (nSPS) is 19.0. The first-order valence-electron chi connectivity index (χ1n) is 9.36. The van der Waals surface area contributed by atoms with Crippen molar-refractivity contribution in [1.82, 2.24) is 9.21 Å². The first kappa shape index (κ1) is 21.1. The van der Waals surface area contributed by atoms with Crippen LogP contribution in [0.1, 0.15) is 18.4 Å². The summed E-state index contributed by atoms with van der Waals surface area (Å²) in [4.78, 5) is 13.8. The molecule has 1 amide bonds. The largest absolute Gasteiger partial charge is 0.339 e. The summed E-state index contributed by atoms with van der Waals surface area (Å²) in [5.41, 5.74) is 0.192. The predicted octanol–water partition coefficient (Wildman–Crippen LogP) is 3.32. The molecule has 0 unspecified atom stereocenters. The Hall–Kier alpha value is -2.10. The second-order valence-electron chi connectivity index (χ2n) is 7.46. The molecule has 0 bridgehead atoms. The Balaban J connectivity index is 1.49. The Morgan fingerprint density at radius 3 is 2.23 bits per heavy atom. The second kappa shape index (κ2) is 7.55. The van der Waals surface area contributed by atoms with E-state index in [-0.39, 0.29) is 32.1 Å². The topological polar surface area (TPSA) is 57.7 Å². The molecule has 10 heteroatoms.